The summed E-state index contributed by atoms with van der Waals surface area (Å²) < 4.78 is 2.35. The Kier molecular flexibility index (Phi) is 7.51. The smallest absolute Gasteiger partial charge is 0.166 e. The lowest BCUT2D eigenvalue weighted by Gasteiger charge is -2.16. The lowest BCUT2D eigenvalue weighted by molar-refractivity contribution is 1.06. The second kappa shape index (κ2) is 12.6. The highest BCUT2D eigenvalue weighted by Crippen LogP contribution is 2.39. The number of hydrogen-bond donors (Lipinski definition) is 0. The minimum absolute atomic E-state index is 0.598. The van der Waals surface area contributed by atoms with Crippen LogP contribution in [0.1, 0.15) is 11.1 Å². The van der Waals surface area contributed by atoms with E-state index in [0.717, 1.165) is 44.5 Å². The van der Waals surface area contributed by atoms with E-state index in [4.69, 9.17) is 15.0 Å². The molecule has 3 aromatic heterocycles. The third-order valence-electron chi connectivity index (χ3n) is 9.54. The van der Waals surface area contributed by atoms with Crippen LogP contribution in [-0.4, -0.2) is 24.5 Å². The molecule has 0 spiro atoms. The van der Waals surface area contributed by atoms with E-state index in [1.165, 1.54) is 33.0 Å². The summed E-state index contributed by atoms with van der Waals surface area (Å²) in [5, 5.41) is 2.38. The molecule has 51 heavy (non-hydrogen) atoms. The molecule has 9 rings (SSSR count). The van der Waals surface area contributed by atoms with Crippen LogP contribution in [0.5, 0.6) is 0 Å². The molecule has 242 valence electrons. The monoisotopic (exact) mass is 655 g/mol. The molecular formula is C46H33N5. The van der Waals surface area contributed by atoms with Crippen molar-refractivity contribution in [1.82, 2.24) is 24.5 Å². The van der Waals surface area contributed by atoms with Gasteiger partial charge >= 0.3 is 0 Å². The van der Waals surface area contributed by atoms with Crippen molar-refractivity contribution in [1.29, 1.82) is 0 Å². The minimum atomic E-state index is 0.598. The van der Waals surface area contributed by atoms with Crippen LogP contribution in [0, 0.1) is 13.8 Å². The van der Waals surface area contributed by atoms with Gasteiger partial charge in [-0.25, -0.2) is 15.0 Å². The summed E-state index contributed by atoms with van der Waals surface area (Å²) in [5.41, 5.74) is 13.0. The first-order valence-corrected chi connectivity index (χ1v) is 17.1. The number of rotatable bonds is 6. The molecule has 6 aromatic carbocycles. The molecule has 0 aliphatic heterocycles. The predicted molar refractivity (Wildman–Crippen MR) is 209 cm³/mol. The Balaban J connectivity index is 1.33. The highest BCUT2D eigenvalue weighted by molar-refractivity contribution is 6.11. The molecule has 0 aliphatic carbocycles. The van der Waals surface area contributed by atoms with E-state index in [1.54, 1.807) is 6.20 Å². The average Bonchev–Trinajstić information content (AvgIpc) is 3.52. The van der Waals surface area contributed by atoms with Crippen LogP contribution >= 0.6 is 0 Å². The largest absolute Gasteiger partial charge is 0.309 e. The van der Waals surface area contributed by atoms with Gasteiger partial charge in [-0.05, 0) is 72.5 Å². The Morgan fingerprint density at radius 2 is 1.08 bits per heavy atom. The average molecular weight is 656 g/mol. The molecule has 9 aromatic rings. The molecule has 0 fully saturated rings. The van der Waals surface area contributed by atoms with Crippen LogP contribution < -0.4 is 0 Å². The molecule has 0 N–H and O–H groups in total. The normalized spacial score (nSPS) is 11.3. The summed E-state index contributed by atoms with van der Waals surface area (Å²) in [6, 6.07) is 53.0. The van der Waals surface area contributed by atoms with Gasteiger partial charge in [-0.1, -0.05) is 121 Å². The van der Waals surface area contributed by atoms with Gasteiger partial charge in [-0.2, -0.15) is 0 Å². The first-order valence-electron chi connectivity index (χ1n) is 17.1. The topological polar surface area (TPSA) is 56.5 Å². The molecule has 3 heterocycles. The van der Waals surface area contributed by atoms with Gasteiger partial charge in [0, 0.05) is 45.4 Å². The van der Waals surface area contributed by atoms with Gasteiger partial charge in [-0.15, -0.1) is 0 Å². The van der Waals surface area contributed by atoms with Crippen molar-refractivity contribution in [2.45, 2.75) is 13.8 Å². The van der Waals surface area contributed by atoms with Crippen LogP contribution in [0.3, 0.4) is 0 Å². The second-order valence-corrected chi connectivity index (χ2v) is 12.9. The molecule has 0 amide bonds. The van der Waals surface area contributed by atoms with Crippen molar-refractivity contribution >= 4 is 21.8 Å². The Bertz CT molecular complexity index is 2640. The summed E-state index contributed by atoms with van der Waals surface area (Å²) in [5.74, 6) is 1.84. The lowest BCUT2D eigenvalue weighted by atomic mass is 9.97. The maximum Gasteiger partial charge on any atom is 0.166 e. The number of fused-ring (bicyclic) bond motifs is 3. The van der Waals surface area contributed by atoms with Gasteiger partial charge in [0.05, 0.1) is 16.7 Å². The van der Waals surface area contributed by atoms with Gasteiger partial charge in [0.25, 0.3) is 0 Å². The van der Waals surface area contributed by atoms with Gasteiger partial charge < -0.3 is 4.57 Å². The van der Waals surface area contributed by atoms with E-state index in [2.05, 4.69) is 108 Å². The van der Waals surface area contributed by atoms with Crippen LogP contribution in [0.25, 0.3) is 83.9 Å². The number of aryl methyl sites for hydroxylation is 2. The quantitative estimate of drug-likeness (QED) is 0.179. The standard InChI is InChI=1S/C46H33N5/c1-30-19-22-37(31(2)26-30)35-21-24-42-39(28-35)38-17-9-10-18-41(38)51(42)43-23-20-34(36-16-11-25-47-29-36)27-40(43)46-49-44(32-12-5-3-6-13-32)48-45(50-46)33-14-7-4-8-15-33/h3-29H,1-2H3. The summed E-state index contributed by atoms with van der Waals surface area (Å²) in [6.07, 6.45) is 3.69. The molecule has 0 radical (unpaired) electrons. The molecule has 0 bridgehead atoms. The third kappa shape index (κ3) is 5.55. The highest BCUT2D eigenvalue weighted by Gasteiger charge is 2.21. The Morgan fingerprint density at radius 3 is 1.78 bits per heavy atom. The fraction of sp³-hybridized carbons (Fsp3) is 0.0435. The summed E-state index contributed by atoms with van der Waals surface area (Å²) in [4.78, 5) is 19.8. The highest BCUT2D eigenvalue weighted by atomic mass is 15.1. The number of nitrogens with zero attached hydrogens (tertiary/aromatic N) is 5. The van der Waals surface area contributed by atoms with E-state index in [-0.39, 0.29) is 0 Å². The van der Waals surface area contributed by atoms with Gasteiger partial charge in [0.2, 0.25) is 0 Å². The van der Waals surface area contributed by atoms with E-state index in [9.17, 15) is 0 Å². The van der Waals surface area contributed by atoms with Crippen LogP contribution in [-0.2, 0) is 0 Å². The molecule has 0 saturated heterocycles. The molecular weight excluding hydrogens is 623 g/mol. The fourth-order valence-corrected chi connectivity index (χ4v) is 7.09. The summed E-state index contributed by atoms with van der Waals surface area (Å²) in [7, 11) is 0. The Hall–Kier alpha value is -6.72. The van der Waals surface area contributed by atoms with Crippen LogP contribution in [0.4, 0.5) is 0 Å². The number of aromatic nitrogens is 5. The van der Waals surface area contributed by atoms with Crippen molar-refractivity contribution in [2.75, 3.05) is 0 Å². The zero-order valence-electron chi connectivity index (χ0n) is 28.3. The zero-order chi connectivity index (χ0) is 34.3. The molecule has 0 unspecified atom stereocenters. The minimum Gasteiger partial charge on any atom is -0.309 e. The maximum atomic E-state index is 5.18. The van der Waals surface area contributed by atoms with Crippen LogP contribution in [0.15, 0.2) is 164 Å². The van der Waals surface area contributed by atoms with Crippen molar-refractivity contribution in [3.8, 4) is 62.1 Å². The molecule has 5 nitrogen and oxygen atoms in total. The predicted octanol–water partition coefficient (Wildman–Crippen LogP) is 11.3. The molecule has 0 atom stereocenters. The van der Waals surface area contributed by atoms with Gasteiger partial charge in [0.15, 0.2) is 17.5 Å². The Labute approximate surface area is 296 Å². The fourth-order valence-electron chi connectivity index (χ4n) is 7.09. The van der Waals surface area contributed by atoms with Crippen molar-refractivity contribution < 1.29 is 0 Å². The van der Waals surface area contributed by atoms with Crippen molar-refractivity contribution in [2.24, 2.45) is 0 Å². The number of pyridine rings is 1. The van der Waals surface area contributed by atoms with E-state index >= 15 is 0 Å². The van der Waals surface area contributed by atoms with E-state index in [0.29, 0.717) is 17.5 Å². The second-order valence-electron chi connectivity index (χ2n) is 12.9. The molecule has 0 saturated carbocycles. The molecule has 5 heteroatoms. The van der Waals surface area contributed by atoms with Crippen molar-refractivity contribution in [3.05, 3.63) is 175 Å². The number of hydrogen-bond acceptors (Lipinski definition) is 4. The Morgan fingerprint density at radius 1 is 0.431 bits per heavy atom. The zero-order valence-corrected chi connectivity index (χ0v) is 28.3. The van der Waals surface area contributed by atoms with E-state index < -0.39 is 0 Å². The van der Waals surface area contributed by atoms with E-state index in [1.807, 2.05) is 72.9 Å². The maximum absolute atomic E-state index is 5.18. The number of para-hydroxylation sites is 1. The van der Waals surface area contributed by atoms with Gasteiger partial charge in [-0.3, -0.25) is 4.98 Å². The third-order valence-corrected chi connectivity index (χ3v) is 9.54. The first-order chi connectivity index (χ1) is 25.1. The first kappa shape index (κ1) is 30.3. The summed E-state index contributed by atoms with van der Waals surface area (Å²) in [6.45, 7) is 4.33. The van der Waals surface area contributed by atoms with Crippen molar-refractivity contribution in [3.63, 3.8) is 0 Å². The lowest BCUT2D eigenvalue weighted by Crippen LogP contribution is -2.04. The molecule has 0 aliphatic rings. The van der Waals surface area contributed by atoms with Gasteiger partial charge in [0.1, 0.15) is 0 Å². The number of benzene rings is 6. The SMILES string of the molecule is Cc1ccc(-c2ccc3c(c2)c2ccccc2n3-c2ccc(-c3cccnc3)cc2-c2nc(-c3ccccc3)nc(-c3ccccc3)n2)c(C)c1. The summed E-state index contributed by atoms with van der Waals surface area (Å²) >= 11 is 0. The van der Waals surface area contributed by atoms with Crippen LogP contribution in [0.2, 0.25) is 0 Å².